The van der Waals surface area contributed by atoms with Crippen LogP contribution in [0.25, 0.3) is 0 Å². The highest BCUT2D eigenvalue weighted by atomic mass is 16.6. The second kappa shape index (κ2) is 6.02. The second-order valence-corrected chi connectivity index (χ2v) is 7.54. The number of ether oxygens (including phenoxy) is 1. The van der Waals surface area contributed by atoms with Crippen molar-refractivity contribution < 1.29 is 14.3 Å². The maximum Gasteiger partial charge on any atom is 0.407 e. The number of likely N-dealkylation sites (tertiary alicyclic amines) is 1. The van der Waals surface area contributed by atoms with Crippen molar-refractivity contribution in [3.05, 3.63) is 0 Å². The van der Waals surface area contributed by atoms with Crippen LogP contribution >= 0.6 is 0 Å². The molecule has 0 spiro atoms. The molecule has 1 unspecified atom stereocenters. The van der Waals surface area contributed by atoms with Gasteiger partial charge < -0.3 is 15.0 Å². The van der Waals surface area contributed by atoms with Crippen molar-refractivity contribution in [2.24, 2.45) is 11.3 Å². The standard InChI is InChI=1S/C15H28N2O3/c1-14(2,3)12(18)17-8-7-11(10-17)9-16-13(19)20-15(4,5)6/h11H,7-10H2,1-6H3,(H,16,19). The molecule has 0 radical (unpaired) electrons. The summed E-state index contributed by atoms with van der Waals surface area (Å²) >= 11 is 0. The average molecular weight is 284 g/mol. The molecule has 0 aromatic rings. The highest BCUT2D eigenvalue weighted by Crippen LogP contribution is 2.23. The van der Waals surface area contributed by atoms with Gasteiger partial charge in [0.25, 0.3) is 0 Å². The molecule has 0 aliphatic carbocycles. The third kappa shape index (κ3) is 5.39. The van der Waals surface area contributed by atoms with Crippen molar-refractivity contribution in [3.63, 3.8) is 0 Å². The number of nitrogens with zero attached hydrogens (tertiary/aromatic N) is 1. The Morgan fingerprint density at radius 3 is 2.30 bits per heavy atom. The Morgan fingerprint density at radius 1 is 1.20 bits per heavy atom. The molecule has 1 rings (SSSR count). The minimum Gasteiger partial charge on any atom is -0.444 e. The molecule has 1 aliphatic heterocycles. The smallest absolute Gasteiger partial charge is 0.407 e. The fourth-order valence-electron chi connectivity index (χ4n) is 2.20. The van der Waals surface area contributed by atoms with Gasteiger partial charge in [-0.1, -0.05) is 20.8 Å². The molecule has 1 aliphatic rings. The lowest BCUT2D eigenvalue weighted by atomic mass is 9.95. The lowest BCUT2D eigenvalue weighted by Gasteiger charge is -2.26. The second-order valence-electron chi connectivity index (χ2n) is 7.54. The molecule has 1 heterocycles. The zero-order chi connectivity index (χ0) is 15.6. The maximum atomic E-state index is 12.2. The summed E-state index contributed by atoms with van der Waals surface area (Å²) in [5.41, 5.74) is -0.818. The Kier molecular flexibility index (Phi) is 5.05. The van der Waals surface area contributed by atoms with Crippen LogP contribution in [0, 0.1) is 11.3 Å². The molecule has 0 saturated carbocycles. The molecule has 0 aromatic heterocycles. The van der Waals surface area contributed by atoms with Crippen LogP contribution in [0.3, 0.4) is 0 Å². The minimum atomic E-state index is -0.478. The third-order valence-corrected chi connectivity index (χ3v) is 3.15. The summed E-state index contributed by atoms with van der Waals surface area (Å²) in [4.78, 5) is 25.6. The van der Waals surface area contributed by atoms with E-state index in [9.17, 15) is 9.59 Å². The van der Waals surface area contributed by atoms with Gasteiger partial charge in [-0.25, -0.2) is 4.79 Å². The van der Waals surface area contributed by atoms with Gasteiger partial charge in [0.05, 0.1) is 0 Å². The summed E-state index contributed by atoms with van der Waals surface area (Å²) < 4.78 is 5.20. The van der Waals surface area contributed by atoms with E-state index < -0.39 is 11.7 Å². The first-order valence-electron chi connectivity index (χ1n) is 7.25. The predicted molar refractivity (Wildman–Crippen MR) is 78.4 cm³/mol. The predicted octanol–water partition coefficient (Wildman–Crippen LogP) is 2.41. The molecule has 2 amide bonds. The van der Waals surface area contributed by atoms with Crippen LogP contribution in [-0.2, 0) is 9.53 Å². The topological polar surface area (TPSA) is 58.6 Å². The molecular weight excluding hydrogens is 256 g/mol. The van der Waals surface area contributed by atoms with Gasteiger partial charge in [0.2, 0.25) is 5.91 Å². The number of amides is 2. The van der Waals surface area contributed by atoms with Gasteiger partial charge in [-0.3, -0.25) is 4.79 Å². The first-order valence-corrected chi connectivity index (χ1v) is 7.25. The Balaban J connectivity index is 2.35. The van der Waals surface area contributed by atoms with Gasteiger partial charge in [0.1, 0.15) is 5.60 Å². The molecule has 0 aromatic carbocycles. The highest BCUT2D eigenvalue weighted by molar-refractivity contribution is 5.81. The number of nitrogens with one attached hydrogen (secondary N) is 1. The van der Waals surface area contributed by atoms with Crippen molar-refractivity contribution in [2.75, 3.05) is 19.6 Å². The van der Waals surface area contributed by atoms with Crippen LogP contribution < -0.4 is 5.32 Å². The van der Waals surface area contributed by atoms with E-state index in [1.54, 1.807) is 0 Å². The molecule has 5 nitrogen and oxygen atoms in total. The van der Waals surface area contributed by atoms with Crippen molar-refractivity contribution in [1.29, 1.82) is 0 Å². The van der Waals surface area contributed by atoms with E-state index in [2.05, 4.69) is 5.32 Å². The van der Waals surface area contributed by atoms with Gasteiger partial charge in [-0.15, -0.1) is 0 Å². The average Bonchev–Trinajstić information content (AvgIpc) is 2.70. The number of carbonyl (C=O) groups excluding carboxylic acids is 2. The maximum absolute atomic E-state index is 12.2. The molecule has 1 fully saturated rings. The van der Waals surface area contributed by atoms with E-state index in [-0.39, 0.29) is 11.3 Å². The lowest BCUT2D eigenvalue weighted by Crippen LogP contribution is -2.39. The number of carbonyl (C=O) groups is 2. The molecule has 1 N–H and O–H groups in total. The van der Waals surface area contributed by atoms with E-state index in [0.29, 0.717) is 19.0 Å². The van der Waals surface area contributed by atoms with Gasteiger partial charge in [-0.2, -0.15) is 0 Å². The minimum absolute atomic E-state index is 0.178. The molecule has 116 valence electrons. The van der Waals surface area contributed by atoms with Crippen LogP contribution in [0.5, 0.6) is 0 Å². The van der Waals surface area contributed by atoms with Gasteiger partial charge in [0, 0.05) is 25.0 Å². The number of hydrogen-bond acceptors (Lipinski definition) is 3. The van der Waals surface area contributed by atoms with E-state index >= 15 is 0 Å². The fraction of sp³-hybridized carbons (Fsp3) is 0.867. The monoisotopic (exact) mass is 284 g/mol. The Labute approximate surface area is 122 Å². The number of alkyl carbamates (subject to hydrolysis) is 1. The normalized spacial score (nSPS) is 19.9. The first-order chi connectivity index (χ1) is 8.99. The fourth-order valence-corrected chi connectivity index (χ4v) is 2.20. The lowest BCUT2D eigenvalue weighted by molar-refractivity contribution is -0.138. The summed E-state index contributed by atoms with van der Waals surface area (Å²) in [6.45, 7) is 13.4. The van der Waals surface area contributed by atoms with E-state index in [1.165, 1.54) is 0 Å². The van der Waals surface area contributed by atoms with Crippen molar-refractivity contribution in [2.45, 2.75) is 53.6 Å². The molecule has 1 saturated heterocycles. The Morgan fingerprint density at radius 2 is 1.80 bits per heavy atom. The molecule has 20 heavy (non-hydrogen) atoms. The first kappa shape index (κ1) is 16.8. The van der Waals surface area contributed by atoms with Crippen LogP contribution in [0.1, 0.15) is 48.0 Å². The number of rotatable bonds is 2. The summed E-state index contributed by atoms with van der Waals surface area (Å²) in [6, 6.07) is 0. The quantitative estimate of drug-likeness (QED) is 0.847. The van der Waals surface area contributed by atoms with Crippen LogP contribution in [0.2, 0.25) is 0 Å². The summed E-state index contributed by atoms with van der Waals surface area (Å²) in [5.74, 6) is 0.492. The van der Waals surface area contributed by atoms with E-state index in [0.717, 1.165) is 13.0 Å². The summed E-state index contributed by atoms with van der Waals surface area (Å²) in [6.07, 6.45) is 0.538. The molecule has 1 atom stereocenters. The summed E-state index contributed by atoms with van der Waals surface area (Å²) in [7, 11) is 0. The zero-order valence-electron chi connectivity index (χ0n) is 13.6. The van der Waals surface area contributed by atoms with Crippen LogP contribution in [-0.4, -0.2) is 42.1 Å². The van der Waals surface area contributed by atoms with Gasteiger partial charge in [-0.05, 0) is 33.1 Å². The van der Waals surface area contributed by atoms with Gasteiger partial charge >= 0.3 is 6.09 Å². The van der Waals surface area contributed by atoms with Crippen molar-refractivity contribution >= 4 is 12.0 Å². The zero-order valence-corrected chi connectivity index (χ0v) is 13.6. The number of hydrogen-bond donors (Lipinski definition) is 1. The Hall–Kier alpha value is -1.26. The third-order valence-electron chi connectivity index (χ3n) is 3.15. The molecule has 0 bridgehead atoms. The Bertz CT molecular complexity index is 366. The van der Waals surface area contributed by atoms with Gasteiger partial charge in [0.15, 0.2) is 0 Å². The van der Waals surface area contributed by atoms with E-state index in [4.69, 9.17) is 4.74 Å². The SMILES string of the molecule is CC(C)(C)OC(=O)NCC1CCN(C(=O)C(C)(C)C)C1. The van der Waals surface area contributed by atoms with Crippen LogP contribution in [0.15, 0.2) is 0 Å². The van der Waals surface area contributed by atoms with Crippen molar-refractivity contribution in [1.82, 2.24) is 10.2 Å². The molecule has 5 heteroatoms. The highest BCUT2D eigenvalue weighted by Gasteiger charge is 2.32. The molecular formula is C15H28N2O3. The van der Waals surface area contributed by atoms with E-state index in [1.807, 2.05) is 46.4 Å². The summed E-state index contributed by atoms with van der Waals surface area (Å²) in [5, 5.41) is 2.78. The largest absolute Gasteiger partial charge is 0.444 e. The van der Waals surface area contributed by atoms with Crippen LogP contribution in [0.4, 0.5) is 4.79 Å². The van der Waals surface area contributed by atoms with Crippen molar-refractivity contribution in [3.8, 4) is 0 Å².